The smallest absolute Gasteiger partial charge is 0.309 e. The van der Waals surface area contributed by atoms with Crippen molar-refractivity contribution < 1.29 is 31.7 Å². The van der Waals surface area contributed by atoms with Crippen LogP contribution in [-0.4, -0.2) is 87.7 Å². The van der Waals surface area contributed by atoms with Gasteiger partial charge in [0.1, 0.15) is 6.04 Å². The van der Waals surface area contributed by atoms with Gasteiger partial charge in [-0.2, -0.15) is 13.5 Å². The maximum absolute atomic E-state index is 12.4. The van der Waals surface area contributed by atoms with Crippen LogP contribution in [0.2, 0.25) is 0 Å². The van der Waals surface area contributed by atoms with Crippen LogP contribution in [0.4, 0.5) is 4.79 Å². The Morgan fingerprint density at radius 3 is 2.93 bits per heavy atom. The summed E-state index contributed by atoms with van der Waals surface area (Å²) >= 11 is 0. The molecule has 3 amide bonds. The van der Waals surface area contributed by atoms with Gasteiger partial charge >= 0.3 is 16.4 Å². The molecule has 14 nitrogen and oxygen atoms in total. The molecule has 29 heavy (non-hydrogen) atoms. The molecule has 3 N–H and O–H groups in total. The molecule has 0 aliphatic carbocycles. The van der Waals surface area contributed by atoms with Crippen molar-refractivity contribution in [2.45, 2.75) is 43.4 Å². The van der Waals surface area contributed by atoms with E-state index in [9.17, 15) is 18.0 Å². The van der Waals surface area contributed by atoms with E-state index in [2.05, 4.69) is 25.4 Å². The summed E-state index contributed by atoms with van der Waals surface area (Å²) in [5.74, 6) is -0.503. The Kier molecular flexibility index (Phi) is 5.39. The standard InChI is InChI=1S/C14H21N7O7S/c22-13(17-27-8-9-5-11(6-15-9)20-4-3-16-18-20)12-2-1-10-7-19(12)14(23)21(10)28-29(24,25)26/h3-4,9-12,15H,1-2,5-8H2,(H,17,22)(H,24,25,26)/t9-,10?,11-,12?/m1/s1. The first-order chi connectivity index (χ1) is 13.8. The molecule has 0 aromatic carbocycles. The van der Waals surface area contributed by atoms with Gasteiger partial charge in [0.05, 0.1) is 24.9 Å². The summed E-state index contributed by atoms with van der Waals surface area (Å²) in [6.07, 6.45) is 4.82. The lowest BCUT2D eigenvalue weighted by atomic mass is 10.0. The molecule has 3 fully saturated rings. The third kappa shape index (κ3) is 4.32. The zero-order valence-electron chi connectivity index (χ0n) is 15.2. The maximum Gasteiger partial charge on any atom is 0.418 e. The van der Waals surface area contributed by atoms with Crippen molar-refractivity contribution in [1.29, 1.82) is 0 Å². The van der Waals surface area contributed by atoms with Crippen LogP contribution in [0.25, 0.3) is 0 Å². The second kappa shape index (κ2) is 7.83. The summed E-state index contributed by atoms with van der Waals surface area (Å²) in [6, 6.07) is -1.97. The van der Waals surface area contributed by atoms with Gasteiger partial charge in [0, 0.05) is 25.3 Å². The Bertz CT molecular complexity index is 864. The quantitative estimate of drug-likeness (QED) is 0.332. The number of nitrogens with zero attached hydrogens (tertiary/aromatic N) is 5. The second-order valence-corrected chi connectivity index (χ2v) is 8.17. The summed E-state index contributed by atoms with van der Waals surface area (Å²) in [7, 11) is -4.83. The normalized spacial score (nSPS) is 29.5. The predicted octanol–water partition coefficient (Wildman–Crippen LogP) is -1.77. The molecule has 4 heterocycles. The first-order valence-electron chi connectivity index (χ1n) is 9.09. The van der Waals surface area contributed by atoms with Crippen molar-refractivity contribution in [3.63, 3.8) is 0 Å². The van der Waals surface area contributed by atoms with E-state index in [1.54, 1.807) is 17.1 Å². The fraction of sp³-hybridized carbons (Fsp3) is 0.714. The Hall–Kier alpha value is -2.33. The highest BCUT2D eigenvalue weighted by atomic mass is 32.3. The molecule has 160 valence electrons. The molecule has 1 aromatic rings. The fourth-order valence-electron chi connectivity index (χ4n) is 3.92. The molecule has 2 unspecified atom stereocenters. The van der Waals surface area contributed by atoms with Gasteiger partial charge in [-0.15, -0.1) is 9.38 Å². The number of hydrogen-bond donors (Lipinski definition) is 3. The van der Waals surface area contributed by atoms with Crippen molar-refractivity contribution in [1.82, 2.24) is 35.8 Å². The van der Waals surface area contributed by atoms with Crippen molar-refractivity contribution >= 4 is 22.3 Å². The number of amides is 3. The Balaban J connectivity index is 1.25. The van der Waals surface area contributed by atoms with Gasteiger partial charge in [0.2, 0.25) is 0 Å². The molecule has 0 saturated carbocycles. The van der Waals surface area contributed by atoms with E-state index in [0.29, 0.717) is 24.4 Å². The van der Waals surface area contributed by atoms with Crippen LogP contribution in [-0.2, 0) is 24.3 Å². The molecule has 15 heteroatoms. The molecule has 0 radical (unpaired) electrons. The number of hydroxylamine groups is 3. The van der Waals surface area contributed by atoms with Crippen molar-refractivity contribution in [3.05, 3.63) is 12.4 Å². The van der Waals surface area contributed by atoms with Crippen LogP contribution in [0.3, 0.4) is 0 Å². The van der Waals surface area contributed by atoms with Crippen molar-refractivity contribution in [3.8, 4) is 0 Å². The SMILES string of the molecule is O=C(NOC[C@H]1C[C@@H](n2ccnn2)CN1)C1CCC2CN1C(=O)N2OS(=O)(=O)O. The average molecular weight is 431 g/mol. The van der Waals surface area contributed by atoms with Crippen LogP contribution in [0.5, 0.6) is 0 Å². The lowest BCUT2D eigenvalue weighted by Crippen LogP contribution is -2.50. The molecular formula is C14H21N7O7S. The summed E-state index contributed by atoms with van der Waals surface area (Å²) in [6.45, 7) is 1.07. The third-order valence-electron chi connectivity index (χ3n) is 5.27. The molecule has 3 aliphatic rings. The average Bonchev–Trinajstić information content (AvgIpc) is 3.39. The van der Waals surface area contributed by atoms with E-state index in [1.807, 2.05) is 0 Å². The minimum Gasteiger partial charge on any atom is -0.309 e. The predicted molar refractivity (Wildman–Crippen MR) is 92.9 cm³/mol. The van der Waals surface area contributed by atoms with Gasteiger partial charge in [-0.25, -0.2) is 15.0 Å². The lowest BCUT2D eigenvalue weighted by molar-refractivity contribution is -0.139. The molecule has 3 saturated heterocycles. The number of rotatable bonds is 7. The minimum absolute atomic E-state index is 0.0207. The zero-order valence-corrected chi connectivity index (χ0v) is 16.1. The number of hydrogen-bond acceptors (Lipinski definition) is 9. The number of carbonyl (C=O) groups excluding carboxylic acids is 2. The van der Waals surface area contributed by atoms with Gasteiger partial charge < -0.3 is 10.2 Å². The Labute approximate surface area is 166 Å². The molecule has 0 spiro atoms. The summed E-state index contributed by atoms with van der Waals surface area (Å²) in [5.41, 5.74) is 2.36. The first-order valence-corrected chi connectivity index (χ1v) is 10.5. The number of aromatic nitrogens is 3. The van der Waals surface area contributed by atoms with E-state index >= 15 is 0 Å². The first kappa shape index (κ1) is 20.0. The topological polar surface area (TPSA) is 168 Å². The lowest BCUT2D eigenvalue weighted by Gasteiger charge is -2.29. The van der Waals surface area contributed by atoms with Crippen molar-refractivity contribution in [2.24, 2.45) is 0 Å². The fourth-order valence-corrected chi connectivity index (χ4v) is 4.31. The molecule has 4 atom stereocenters. The minimum atomic E-state index is -4.83. The largest absolute Gasteiger partial charge is 0.418 e. The molecule has 4 rings (SSSR count). The van der Waals surface area contributed by atoms with Gasteiger partial charge in [0.25, 0.3) is 5.91 Å². The van der Waals surface area contributed by atoms with Gasteiger partial charge in [-0.05, 0) is 19.3 Å². The van der Waals surface area contributed by atoms with E-state index in [1.165, 1.54) is 4.90 Å². The highest BCUT2D eigenvalue weighted by molar-refractivity contribution is 7.80. The molecule has 1 aromatic heterocycles. The van der Waals surface area contributed by atoms with E-state index in [0.717, 1.165) is 6.42 Å². The number of nitrogens with one attached hydrogen (secondary N) is 2. The van der Waals surface area contributed by atoms with Crippen LogP contribution < -0.4 is 10.8 Å². The molecule has 3 aliphatic heterocycles. The van der Waals surface area contributed by atoms with E-state index in [4.69, 9.17) is 9.39 Å². The van der Waals surface area contributed by atoms with Crippen LogP contribution >= 0.6 is 0 Å². The highest BCUT2D eigenvalue weighted by Crippen LogP contribution is 2.30. The van der Waals surface area contributed by atoms with E-state index in [-0.39, 0.29) is 25.2 Å². The molecular weight excluding hydrogens is 410 g/mol. The summed E-state index contributed by atoms with van der Waals surface area (Å²) in [5, 5.41) is 11.6. The van der Waals surface area contributed by atoms with Gasteiger partial charge in [-0.3, -0.25) is 14.2 Å². The number of fused-ring (bicyclic) bond motifs is 2. The van der Waals surface area contributed by atoms with Gasteiger partial charge in [0.15, 0.2) is 0 Å². The number of piperidine rings is 1. The monoisotopic (exact) mass is 431 g/mol. The third-order valence-corrected chi connectivity index (χ3v) is 5.62. The molecule has 2 bridgehead atoms. The van der Waals surface area contributed by atoms with Crippen LogP contribution in [0.1, 0.15) is 25.3 Å². The van der Waals surface area contributed by atoms with Gasteiger partial charge in [-0.1, -0.05) is 5.21 Å². The highest BCUT2D eigenvalue weighted by Gasteiger charge is 2.49. The Morgan fingerprint density at radius 1 is 1.38 bits per heavy atom. The number of urea groups is 1. The Morgan fingerprint density at radius 2 is 2.21 bits per heavy atom. The number of carbonyl (C=O) groups is 2. The van der Waals surface area contributed by atoms with E-state index < -0.39 is 34.4 Å². The summed E-state index contributed by atoms with van der Waals surface area (Å²) < 4.78 is 36.7. The van der Waals surface area contributed by atoms with Crippen LogP contribution in [0.15, 0.2) is 12.4 Å². The maximum atomic E-state index is 12.4. The van der Waals surface area contributed by atoms with Crippen LogP contribution in [0, 0.1) is 0 Å². The summed E-state index contributed by atoms with van der Waals surface area (Å²) in [4.78, 5) is 31.3. The zero-order chi connectivity index (χ0) is 20.6. The van der Waals surface area contributed by atoms with Crippen molar-refractivity contribution in [2.75, 3.05) is 19.7 Å². The second-order valence-electron chi connectivity index (χ2n) is 7.17.